The largest absolute Gasteiger partial charge is 0.457 e. The summed E-state index contributed by atoms with van der Waals surface area (Å²) in [6, 6.07) is 23.3. The minimum Gasteiger partial charge on any atom is -0.457 e. The Hall–Kier alpha value is -3.12. The van der Waals surface area contributed by atoms with Crippen molar-refractivity contribution in [1.82, 2.24) is 0 Å². The third-order valence-corrected chi connectivity index (χ3v) is 4.36. The first-order chi connectivity index (χ1) is 13.2. The zero-order valence-corrected chi connectivity index (χ0v) is 15.3. The first-order valence-corrected chi connectivity index (χ1v) is 9.24. The van der Waals surface area contributed by atoms with Crippen molar-refractivity contribution in [3.63, 3.8) is 0 Å². The van der Waals surface area contributed by atoms with Crippen LogP contribution >= 0.6 is 11.8 Å². The lowest BCUT2D eigenvalue weighted by Crippen LogP contribution is -2.05. The van der Waals surface area contributed by atoms with Gasteiger partial charge in [0.05, 0.1) is 6.21 Å². The molecule has 27 heavy (non-hydrogen) atoms. The fourth-order valence-electron chi connectivity index (χ4n) is 2.20. The van der Waals surface area contributed by atoms with Crippen molar-refractivity contribution in [3.8, 4) is 11.5 Å². The van der Waals surface area contributed by atoms with E-state index in [4.69, 9.17) is 10.5 Å². The van der Waals surface area contributed by atoms with Crippen LogP contribution in [0.1, 0.15) is 11.1 Å². The zero-order valence-electron chi connectivity index (χ0n) is 14.5. The Bertz CT molecular complexity index is 928. The van der Waals surface area contributed by atoms with E-state index in [1.165, 1.54) is 29.5 Å². The molecule has 136 valence electrons. The number of thioether (sulfide) groups is 1. The molecule has 0 radical (unpaired) electrons. The molecule has 0 spiro atoms. The molecule has 0 aromatic heterocycles. The van der Waals surface area contributed by atoms with E-state index in [2.05, 4.69) is 10.2 Å². The summed E-state index contributed by atoms with van der Waals surface area (Å²) in [7, 11) is 0. The fourth-order valence-corrected chi connectivity index (χ4v) is 2.81. The fraction of sp³-hybridized carbons (Fsp3) is 0.0476. The van der Waals surface area contributed by atoms with Crippen LogP contribution in [0, 0.1) is 5.82 Å². The van der Waals surface area contributed by atoms with Crippen LogP contribution in [0.25, 0.3) is 0 Å². The maximum atomic E-state index is 13.2. The topological polar surface area (TPSA) is 60.0 Å². The summed E-state index contributed by atoms with van der Waals surface area (Å²) in [5.41, 5.74) is 7.89. The van der Waals surface area contributed by atoms with Gasteiger partial charge >= 0.3 is 0 Å². The molecule has 3 aromatic carbocycles. The Morgan fingerprint density at radius 2 is 1.74 bits per heavy atom. The Kier molecular flexibility index (Phi) is 6.60. The molecule has 0 aliphatic heterocycles. The first-order valence-electron chi connectivity index (χ1n) is 8.26. The molecule has 2 N–H and O–H groups in total. The molecule has 0 saturated heterocycles. The summed E-state index contributed by atoms with van der Waals surface area (Å²) in [6.45, 7) is 0. The number of halogens is 1. The standard InChI is InChI=1S/C21H18FN3OS/c22-18-7-4-8-20(13-18)26-19-11-9-16(10-12-19)14-24-25-21(23)27-15-17-5-2-1-3-6-17/h1-14H,15H2,(H2,23,25). The number of ether oxygens (including phenoxy) is 1. The van der Waals surface area contributed by atoms with Crippen molar-refractivity contribution in [1.29, 1.82) is 0 Å². The summed E-state index contributed by atoms with van der Waals surface area (Å²) < 4.78 is 18.8. The summed E-state index contributed by atoms with van der Waals surface area (Å²) in [5, 5.41) is 8.40. The van der Waals surface area contributed by atoms with Gasteiger partial charge in [0.1, 0.15) is 17.3 Å². The molecular formula is C21H18FN3OS. The molecule has 4 nitrogen and oxygen atoms in total. The second-order valence-electron chi connectivity index (χ2n) is 5.59. The van der Waals surface area contributed by atoms with Gasteiger partial charge in [-0.25, -0.2) is 4.39 Å². The summed E-state index contributed by atoms with van der Waals surface area (Å²) in [4.78, 5) is 0. The highest BCUT2D eigenvalue weighted by molar-refractivity contribution is 8.13. The van der Waals surface area contributed by atoms with Gasteiger partial charge in [0, 0.05) is 11.8 Å². The molecule has 3 rings (SSSR count). The molecule has 0 saturated carbocycles. The number of hydrogen-bond acceptors (Lipinski definition) is 4. The Labute approximate surface area is 161 Å². The predicted molar refractivity (Wildman–Crippen MR) is 110 cm³/mol. The van der Waals surface area contributed by atoms with Crippen LogP contribution in [0.2, 0.25) is 0 Å². The van der Waals surface area contributed by atoms with Crippen LogP contribution in [0.3, 0.4) is 0 Å². The minimum atomic E-state index is -0.336. The molecular weight excluding hydrogens is 361 g/mol. The van der Waals surface area contributed by atoms with E-state index >= 15 is 0 Å². The highest BCUT2D eigenvalue weighted by atomic mass is 32.2. The molecule has 0 aliphatic carbocycles. The van der Waals surface area contributed by atoms with Crippen LogP contribution < -0.4 is 10.5 Å². The molecule has 0 bridgehead atoms. The Morgan fingerprint density at radius 3 is 2.48 bits per heavy atom. The molecule has 6 heteroatoms. The minimum absolute atomic E-state index is 0.336. The molecule has 0 heterocycles. The van der Waals surface area contributed by atoms with E-state index in [0.717, 1.165) is 11.3 Å². The van der Waals surface area contributed by atoms with Gasteiger partial charge in [0.2, 0.25) is 0 Å². The second-order valence-corrected chi connectivity index (χ2v) is 6.58. The lowest BCUT2D eigenvalue weighted by Gasteiger charge is -2.05. The average Bonchev–Trinajstić information content (AvgIpc) is 2.69. The van der Waals surface area contributed by atoms with Gasteiger partial charge < -0.3 is 10.5 Å². The normalized spacial score (nSPS) is 11.7. The van der Waals surface area contributed by atoms with Crippen molar-refractivity contribution < 1.29 is 9.13 Å². The number of benzene rings is 3. The van der Waals surface area contributed by atoms with E-state index in [1.54, 1.807) is 30.5 Å². The number of nitrogens with zero attached hydrogens (tertiary/aromatic N) is 2. The van der Waals surface area contributed by atoms with Crippen LogP contribution in [0.5, 0.6) is 11.5 Å². The van der Waals surface area contributed by atoms with Crippen molar-refractivity contribution in [2.45, 2.75) is 5.75 Å². The number of amidine groups is 1. The lowest BCUT2D eigenvalue weighted by molar-refractivity contribution is 0.477. The van der Waals surface area contributed by atoms with Crippen molar-refractivity contribution in [2.24, 2.45) is 15.9 Å². The van der Waals surface area contributed by atoms with Gasteiger partial charge in [-0.15, -0.1) is 5.10 Å². The Morgan fingerprint density at radius 1 is 0.963 bits per heavy atom. The van der Waals surface area contributed by atoms with E-state index in [1.807, 2.05) is 42.5 Å². The summed E-state index contributed by atoms with van der Waals surface area (Å²) in [6.07, 6.45) is 1.61. The SMILES string of the molecule is NC(=NN=Cc1ccc(Oc2cccc(F)c2)cc1)SCc1ccccc1. The molecule has 0 fully saturated rings. The van der Waals surface area contributed by atoms with Crippen LogP contribution in [0.4, 0.5) is 4.39 Å². The van der Waals surface area contributed by atoms with Crippen LogP contribution in [0.15, 0.2) is 89.1 Å². The van der Waals surface area contributed by atoms with Gasteiger partial charge in [-0.2, -0.15) is 5.10 Å². The van der Waals surface area contributed by atoms with Crippen LogP contribution in [-0.2, 0) is 5.75 Å². The number of rotatable bonds is 6. The second kappa shape index (κ2) is 9.54. The van der Waals surface area contributed by atoms with Crippen molar-refractivity contribution >= 4 is 23.1 Å². The number of nitrogens with two attached hydrogens (primary N) is 1. The highest BCUT2D eigenvalue weighted by Crippen LogP contribution is 2.22. The monoisotopic (exact) mass is 379 g/mol. The van der Waals surface area contributed by atoms with E-state index in [-0.39, 0.29) is 5.82 Å². The highest BCUT2D eigenvalue weighted by Gasteiger charge is 1.99. The van der Waals surface area contributed by atoms with E-state index < -0.39 is 0 Å². The maximum absolute atomic E-state index is 13.2. The molecule has 0 amide bonds. The maximum Gasteiger partial charge on any atom is 0.180 e. The van der Waals surface area contributed by atoms with Crippen LogP contribution in [-0.4, -0.2) is 11.4 Å². The van der Waals surface area contributed by atoms with Crippen molar-refractivity contribution in [2.75, 3.05) is 0 Å². The van der Waals surface area contributed by atoms with Gasteiger partial charge in [0.15, 0.2) is 5.17 Å². The average molecular weight is 379 g/mol. The third-order valence-electron chi connectivity index (χ3n) is 3.50. The molecule has 0 aliphatic rings. The van der Waals surface area contributed by atoms with E-state index in [0.29, 0.717) is 16.7 Å². The van der Waals surface area contributed by atoms with Gasteiger partial charge in [-0.1, -0.05) is 48.2 Å². The summed E-state index contributed by atoms with van der Waals surface area (Å²) >= 11 is 1.43. The lowest BCUT2D eigenvalue weighted by atomic mass is 10.2. The number of hydrogen-bond donors (Lipinski definition) is 1. The molecule has 3 aromatic rings. The summed E-state index contributed by atoms with van der Waals surface area (Å²) in [5.74, 6) is 1.47. The molecule has 0 atom stereocenters. The quantitative estimate of drug-likeness (QED) is 0.364. The first kappa shape index (κ1) is 18.7. The van der Waals surface area contributed by atoms with Crippen molar-refractivity contribution in [3.05, 3.63) is 95.8 Å². The molecule has 0 unspecified atom stereocenters. The Balaban J connectivity index is 1.52. The zero-order chi connectivity index (χ0) is 18.9. The predicted octanol–water partition coefficient (Wildman–Crippen LogP) is 5.20. The van der Waals surface area contributed by atoms with E-state index in [9.17, 15) is 4.39 Å². The van der Waals surface area contributed by atoms with Gasteiger partial charge in [-0.3, -0.25) is 0 Å². The van der Waals surface area contributed by atoms with Gasteiger partial charge in [0.25, 0.3) is 0 Å². The third kappa shape index (κ3) is 6.27. The van der Waals surface area contributed by atoms with Gasteiger partial charge in [-0.05, 0) is 47.5 Å². The smallest absolute Gasteiger partial charge is 0.180 e.